The first-order valence-corrected chi connectivity index (χ1v) is 26.7. The number of carbonyl (C=O) groups excluding carboxylic acids is 3. The summed E-state index contributed by atoms with van der Waals surface area (Å²) in [6, 6.07) is 0. The van der Waals surface area contributed by atoms with E-state index in [9.17, 15) is 14.4 Å². The summed E-state index contributed by atoms with van der Waals surface area (Å²) in [5.74, 6) is -1.02. The van der Waals surface area contributed by atoms with Crippen molar-refractivity contribution < 1.29 is 28.6 Å². The Labute approximate surface area is 400 Å². The number of carbonyl (C=O) groups is 3. The minimum Gasteiger partial charge on any atom is -0.462 e. The Morgan fingerprint density at radius 3 is 1.03 bits per heavy atom. The van der Waals surface area contributed by atoms with Crippen LogP contribution < -0.4 is 0 Å². The first kappa shape index (κ1) is 61.3. The number of hydrogen-bond acceptors (Lipinski definition) is 6. The van der Waals surface area contributed by atoms with Crippen LogP contribution in [0.3, 0.4) is 0 Å². The lowest BCUT2D eigenvalue weighted by Gasteiger charge is -2.18. The minimum atomic E-state index is -0.825. The molecule has 0 bridgehead atoms. The smallest absolute Gasteiger partial charge is 0.306 e. The Balaban J connectivity index is 4.45. The summed E-state index contributed by atoms with van der Waals surface area (Å²) >= 11 is 0. The first-order chi connectivity index (χ1) is 32.0. The Morgan fingerprint density at radius 1 is 0.323 bits per heavy atom. The lowest BCUT2D eigenvalue weighted by Crippen LogP contribution is -2.30. The van der Waals surface area contributed by atoms with Gasteiger partial charge in [0, 0.05) is 19.3 Å². The van der Waals surface area contributed by atoms with Gasteiger partial charge in [0.25, 0.3) is 0 Å². The third kappa shape index (κ3) is 51.2. The van der Waals surface area contributed by atoms with E-state index >= 15 is 0 Å². The van der Waals surface area contributed by atoms with Crippen molar-refractivity contribution in [3.8, 4) is 0 Å². The van der Waals surface area contributed by atoms with Crippen molar-refractivity contribution in [3.63, 3.8) is 0 Å². The average molecular weight is 903 g/mol. The second-order valence-corrected chi connectivity index (χ2v) is 17.4. The van der Waals surface area contributed by atoms with E-state index < -0.39 is 12.1 Å². The van der Waals surface area contributed by atoms with Gasteiger partial charge in [-0.05, 0) is 109 Å². The zero-order chi connectivity index (χ0) is 47.2. The molecule has 1 unspecified atom stereocenters. The van der Waals surface area contributed by atoms with Gasteiger partial charge >= 0.3 is 17.9 Å². The zero-order valence-corrected chi connectivity index (χ0v) is 42.2. The zero-order valence-electron chi connectivity index (χ0n) is 42.2. The monoisotopic (exact) mass is 903 g/mol. The predicted octanol–water partition coefficient (Wildman–Crippen LogP) is 17.8. The lowest BCUT2D eigenvalue weighted by molar-refractivity contribution is -0.166. The molecule has 0 rings (SSSR count). The molecule has 0 saturated heterocycles. The normalized spacial score (nSPS) is 12.8. The third-order valence-electron chi connectivity index (χ3n) is 11.1. The number of unbranched alkanes of at least 4 members (excludes halogenated alkanes) is 20. The largest absolute Gasteiger partial charge is 0.462 e. The van der Waals surface area contributed by atoms with Gasteiger partial charge in [0.2, 0.25) is 0 Å². The van der Waals surface area contributed by atoms with Crippen molar-refractivity contribution in [2.24, 2.45) is 0 Å². The number of hydrogen-bond donors (Lipinski definition) is 0. The van der Waals surface area contributed by atoms with Crippen LogP contribution in [0.5, 0.6) is 0 Å². The van der Waals surface area contributed by atoms with Crippen LogP contribution in [-0.4, -0.2) is 37.2 Å². The van der Waals surface area contributed by atoms with Crippen molar-refractivity contribution in [2.75, 3.05) is 13.2 Å². The van der Waals surface area contributed by atoms with Crippen LogP contribution in [0.25, 0.3) is 0 Å². The topological polar surface area (TPSA) is 78.9 Å². The van der Waals surface area contributed by atoms with Crippen molar-refractivity contribution >= 4 is 17.9 Å². The molecule has 0 aromatic heterocycles. The molecule has 1 atom stereocenters. The maximum absolute atomic E-state index is 12.8. The van der Waals surface area contributed by atoms with Crippen molar-refractivity contribution in [3.05, 3.63) is 97.2 Å². The van der Waals surface area contributed by atoms with E-state index in [-0.39, 0.29) is 31.6 Å². The second kappa shape index (κ2) is 52.9. The number of ether oxygens (including phenoxy) is 3. The lowest BCUT2D eigenvalue weighted by atomic mass is 10.1. The van der Waals surface area contributed by atoms with Gasteiger partial charge < -0.3 is 14.2 Å². The fraction of sp³-hybridized carbons (Fsp3) is 0.678. The van der Waals surface area contributed by atoms with E-state index in [1.165, 1.54) is 89.9 Å². The number of allylic oxidation sites excluding steroid dienone is 16. The number of rotatable bonds is 47. The van der Waals surface area contributed by atoms with E-state index in [1.54, 1.807) is 0 Å². The Morgan fingerprint density at radius 2 is 0.631 bits per heavy atom. The standard InChI is InChI=1S/C59H98O6/c1-4-7-10-13-16-19-22-25-26-27-28-29-30-31-32-35-37-40-43-46-49-52-58(61)64-55-56(65-59(62)53-50-47-44-41-38-34-24-21-18-15-12-9-6-3)54-63-57(60)51-48-45-42-39-36-33-23-20-17-14-11-8-5-2/h9,12,18,20-23,25,27-28,30-31,34,38,44,47,56H,4-8,10-11,13-17,19,24,26,29,32-33,35-37,39-43,45-46,48-55H2,1-3H3/b12-9-,21-18-,23-20-,25-22-,28-27-,31-30-,38-34-,47-44-. The molecule has 0 radical (unpaired) electrons. The highest BCUT2D eigenvalue weighted by Gasteiger charge is 2.19. The van der Waals surface area contributed by atoms with E-state index in [0.29, 0.717) is 19.3 Å². The molecule has 0 heterocycles. The quantitative estimate of drug-likeness (QED) is 0.0262. The van der Waals surface area contributed by atoms with Crippen molar-refractivity contribution in [1.29, 1.82) is 0 Å². The molecular formula is C59H98O6. The minimum absolute atomic E-state index is 0.116. The maximum Gasteiger partial charge on any atom is 0.306 e. The predicted molar refractivity (Wildman–Crippen MR) is 279 cm³/mol. The van der Waals surface area contributed by atoms with Crippen LogP contribution in [0.1, 0.15) is 239 Å². The number of esters is 3. The van der Waals surface area contributed by atoms with E-state index in [2.05, 4.69) is 106 Å². The molecular weight excluding hydrogens is 805 g/mol. The summed E-state index contributed by atoms with van der Waals surface area (Å²) in [6.45, 7) is 6.41. The van der Waals surface area contributed by atoms with Gasteiger partial charge in [-0.2, -0.15) is 0 Å². The Hall–Kier alpha value is -3.67. The molecule has 0 aliphatic heterocycles. The highest BCUT2D eigenvalue weighted by molar-refractivity contribution is 5.71. The van der Waals surface area contributed by atoms with Gasteiger partial charge in [0.05, 0.1) is 0 Å². The van der Waals surface area contributed by atoms with Crippen LogP contribution in [0.2, 0.25) is 0 Å². The fourth-order valence-electron chi connectivity index (χ4n) is 7.04. The molecule has 0 spiro atoms. The van der Waals surface area contributed by atoms with Gasteiger partial charge in [-0.15, -0.1) is 0 Å². The van der Waals surface area contributed by atoms with E-state index in [4.69, 9.17) is 14.2 Å². The SMILES string of the molecule is CC/C=C\C/C=C\C/C=C\C/C=C\CCC(=O)OC(COC(=O)CCCCCCC/C=C\CCCCCC)COC(=O)CCCCCCCC/C=C\C/C=C\C/C=C\CCCCCCC. The highest BCUT2D eigenvalue weighted by atomic mass is 16.6. The van der Waals surface area contributed by atoms with Gasteiger partial charge in [-0.1, -0.05) is 208 Å². The highest BCUT2D eigenvalue weighted by Crippen LogP contribution is 2.13. The second-order valence-electron chi connectivity index (χ2n) is 17.4. The molecule has 0 aliphatic carbocycles. The summed E-state index contributed by atoms with van der Waals surface area (Å²) in [5, 5.41) is 0. The van der Waals surface area contributed by atoms with Crippen LogP contribution in [-0.2, 0) is 28.6 Å². The summed E-state index contributed by atoms with van der Waals surface area (Å²) in [6.07, 6.45) is 69.8. The molecule has 0 aromatic carbocycles. The van der Waals surface area contributed by atoms with Gasteiger partial charge in [0.15, 0.2) is 6.10 Å². The first-order valence-electron chi connectivity index (χ1n) is 26.7. The molecule has 0 N–H and O–H groups in total. The molecule has 0 saturated carbocycles. The van der Waals surface area contributed by atoms with Crippen LogP contribution in [0.4, 0.5) is 0 Å². The summed E-state index contributed by atoms with van der Waals surface area (Å²) in [4.78, 5) is 38.0. The summed E-state index contributed by atoms with van der Waals surface area (Å²) in [7, 11) is 0. The molecule has 0 aliphatic rings. The Bertz CT molecular complexity index is 1310. The van der Waals surface area contributed by atoms with E-state index in [1.807, 2.05) is 12.2 Å². The molecule has 0 amide bonds. The summed E-state index contributed by atoms with van der Waals surface area (Å²) in [5.41, 5.74) is 0. The molecule has 6 nitrogen and oxygen atoms in total. The molecule has 0 aromatic rings. The van der Waals surface area contributed by atoms with E-state index in [0.717, 1.165) is 103 Å². The summed E-state index contributed by atoms with van der Waals surface area (Å²) < 4.78 is 16.7. The van der Waals surface area contributed by atoms with Gasteiger partial charge in [-0.25, -0.2) is 0 Å². The van der Waals surface area contributed by atoms with Crippen molar-refractivity contribution in [2.45, 2.75) is 245 Å². The molecule has 370 valence electrons. The van der Waals surface area contributed by atoms with Gasteiger partial charge in [0.1, 0.15) is 13.2 Å². The van der Waals surface area contributed by atoms with Crippen LogP contribution >= 0.6 is 0 Å². The van der Waals surface area contributed by atoms with Crippen LogP contribution in [0, 0.1) is 0 Å². The fourth-order valence-corrected chi connectivity index (χ4v) is 7.04. The van der Waals surface area contributed by atoms with Gasteiger partial charge in [-0.3, -0.25) is 14.4 Å². The maximum atomic E-state index is 12.8. The molecule has 6 heteroatoms. The van der Waals surface area contributed by atoms with Crippen LogP contribution in [0.15, 0.2) is 97.2 Å². The average Bonchev–Trinajstić information content (AvgIpc) is 3.30. The molecule has 65 heavy (non-hydrogen) atoms. The Kier molecular flexibility index (Phi) is 50.0. The van der Waals surface area contributed by atoms with Crippen molar-refractivity contribution in [1.82, 2.24) is 0 Å². The third-order valence-corrected chi connectivity index (χ3v) is 11.1. The molecule has 0 fully saturated rings.